The van der Waals surface area contributed by atoms with Gasteiger partial charge >= 0.3 is 0 Å². The highest BCUT2D eigenvalue weighted by atomic mass is 32.2. The molecular formula is C18H23N3O4S2. The molecule has 1 aliphatic heterocycles. The number of methoxy groups -OCH3 is 1. The topological polar surface area (TPSA) is 88.6 Å². The van der Waals surface area contributed by atoms with Crippen molar-refractivity contribution in [2.24, 2.45) is 5.92 Å². The molecule has 2 heterocycles. The highest BCUT2D eigenvalue weighted by molar-refractivity contribution is 7.91. The maximum absolute atomic E-state index is 12.6. The van der Waals surface area contributed by atoms with Gasteiger partial charge in [-0.15, -0.1) is 11.3 Å². The predicted octanol–water partition coefficient (Wildman–Crippen LogP) is 2.28. The molecule has 1 unspecified atom stereocenters. The molecule has 0 saturated carbocycles. The van der Waals surface area contributed by atoms with Gasteiger partial charge in [0.1, 0.15) is 5.75 Å². The summed E-state index contributed by atoms with van der Waals surface area (Å²) in [5, 5.41) is 5.24. The van der Waals surface area contributed by atoms with Crippen LogP contribution in [0.15, 0.2) is 40.7 Å². The van der Waals surface area contributed by atoms with Crippen LogP contribution in [0.5, 0.6) is 5.75 Å². The van der Waals surface area contributed by atoms with Gasteiger partial charge in [0, 0.05) is 24.7 Å². The second kappa shape index (κ2) is 8.81. The fourth-order valence-corrected chi connectivity index (χ4v) is 4.97. The number of likely N-dealkylation sites (tertiary alicyclic amines) is 1. The van der Waals surface area contributed by atoms with Crippen LogP contribution < -0.4 is 10.1 Å². The molecule has 1 atom stereocenters. The van der Waals surface area contributed by atoms with Gasteiger partial charge in [-0.05, 0) is 37.6 Å². The van der Waals surface area contributed by atoms with Crippen LogP contribution in [0.2, 0.25) is 0 Å². The van der Waals surface area contributed by atoms with Crippen molar-refractivity contribution in [3.8, 4) is 5.75 Å². The Morgan fingerprint density at radius 1 is 1.44 bits per heavy atom. The minimum atomic E-state index is -3.40. The fraction of sp³-hybridized carbons (Fsp3) is 0.444. The van der Waals surface area contributed by atoms with Gasteiger partial charge in [-0.2, -0.15) is 0 Å². The van der Waals surface area contributed by atoms with E-state index in [-0.39, 0.29) is 22.5 Å². The Hall–Kier alpha value is -1.97. The first-order valence-electron chi connectivity index (χ1n) is 8.77. The lowest BCUT2D eigenvalue weighted by molar-refractivity contribution is -0.121. The summed E-state index contributed by atoms with van der Waals surface area (Å²) in [4.78, 5) is 18.8. The number of nitrogens with zero attached hydrogens (tertiary/aromatic N) is 2. The molecule has 0 radical (unpaired) electrons. The quantitative estimate of drug-likeness (QED) is 0.755. The Morgan fingerprint density at radius 2 is 2.30 bits per heavy atom. The van der Waals surface area contributed by atoms with Crippen molar-refractivity contribution in [2.45, 2.75) is 17.7 Å². The molecule has 7 nitrogen and oxygen atoms in total. The van der Waals surface area contributed by atoms with E-state index in [0.29, 0.717) is 24.0 Å². The van der Waals surface area contributed by atoms with Crippen LogP contribution in [0.25, 0.3) is 0 Å². The van der Waals surface area contributed by atoms with Gasteiger partial charge in [-0.1, -0.05) is 6.07 Å². The van der Waals surface area contributed by atoms with Crippen molar-refractivity contribution in [1.29, 1.82) is 0 Å². The molecular weight excluding hydrogens is 386 g/mol. The van der Waals surface area contributed by atoms with E-state index in [0.717, 1.165) is 19.4 Å². The van der Waals surface area contributed by atoms with Crippen molar-refractivity contribution < 1.29 is 17.9 Å². The highest BCUT2D eigenvalue weighted by Crippen LogP contribution is 2.21. The summed E-state index contributed by atoms with van der Waals surface area (Å²) in [6.45, 7) is 1.76. The number of carbonyl (C=O) groups is 1. The number of piperidine rings is 1. The number of carbonyl (C=O) groups excluding carboxylic acids is 1. The summed E-state index contributed by atoms with van der Waals surface area (Å²) in [5.41, 5.74) is 0. The van der Waals surface area contributed by atoms with Gasteiger partial charge in [0.05, 0.1) is 23.7 Å². The molecule has 1 saturated heterocycles. The van der Waals surface area contributed by atoms with E-state index >= 15 is 0 Å². The molecule has 1 amide bonds. The molecule has 0 aliphatic carbocycles. The monoisotopic (exact) mass is 409 g/mol. The Labute approximate surface area is 163 Å². The number of rotatable bonds is 7. The van der Waals surface area contributed by atoms with Crippen molar-refractivity contribution in [3.05, 3.63) is 35.8 Å². The van der Waals surface area contributed by atoms with E-state index in [1.54, 1.807) is 24.4 Å². The second-order valence-electron chi connectivity index (χ2n) is 6.46. The third kappa shape index (κ3) is 5.27. The Morgan fingerprint density at radius 3 is 3.04 bits per heavy atom. The molecule has 3 rings (SSSR count). The number of amides is 1. The molecule has 1 aliphatic rings. The van der Waals surface area contributed by atoms with Crippen LogP contribution in [0.3, 0.4) is 0 Å². The third-order valence-electron chi connectivity index (χ3n) is 4.62. The van der Waals surface area contributed by atoms with Gasteiger partial charge in [0.15, 0.2) is 15.0 Å². The maximum atomic E-state index is 12.6. The Balaban J connectivity index is 1.56. The van der Waals surface area contributed by atoms with Gasteiger partial charge < -0.3 is 15.0 Å². The zero-order valence-corrected chi connectivity index (χ0v) is 16.8. The van der Waals surface area contributed by atoms with E-state index < -0.39 is 9.84 Å². The molecule has 9 heteroatoms. The van der Waals surface area contributed by atoms with E-state index in [1.165, 1.54) is 24.5 Å². The minimum absolute atomic E-state index is 0.0149. The van der Waals surface area contributed by atoms with Crippen LogP contribution in [0.1, 0.15) is 12.8 Å². The van der Waals surface area contributed by atoms with Gasteiger partial charge in [-0.3, -0.25) is 4.79 Å². The van der Waals surface area contributed by atoms with E-state index in [2.05, 4.69) is 10.3 Å². The van der Waals surface area contributed by atoms with Crippen LogP contribution in [-0.2, 0) is 14.6 Å². The molecule has 2 aromatic rings. The van der Waals surface area contributed by atoms with Crippen LogP contribution >= 0.6 is 11.3 Å². The Bertz CT molecular complexity index is 868. The molecule has 1 N–H and O–H groups in total. The summed E-state index contributed by atoms with van der Waals surface area (Å²) in [7, 11) is -1.89. The van der Waals surface area contributed by atoms with E-state index in [1.807, 2.05) is 10.3 Å². The standard InChI is InChI=1S/C18H23N3O4S2/c1-25-15-5-2-6-16(12-15)27(23,24)11-9-21-8-3-4-14(13-21)17(22)20-18-19-7-10-26-18/h2,5-7,10,12,14H,3-4,8-9,11,13H2,1H3,(H,19,20,22). The van der Waals surface area contributed by atoms with Crippen molar-refractivity contribution in [1.82, 2.24) is 9.88 Å². The first kappa shape index (κ1) is 19.8. The molecule has 1 aromatic carbocycles. The number of sulfone groups is 1. The zero-order valence-electron chi connectivity index (χ0n) is 15.1. The lowest BCUT2D eigenvalue weighted by Gasteiger charge is -2.31. The third-order valence-corrected chi connectivity index (χ3v) is 7.00. The normalized spacial score (nSPS) is 18.2. The van der Waals surface area contributed by atoms with E-state index in [4.69, 9.17) is 4.74 Å². The number of aromatic nitrogens is 1. The molecule has 0 bridgehead atoms. The zero-order chi connectivity index (χ0) is 19.3. The van der Waals surface area contributed by atoms with Gasteiger partial charge in [0.2, 0.25) is 5.91 Å². The van der Waals surface area contributed by atoms with Gasteiger partial charge in [-0.25, -0.2) is 13.4 Å². The highest BCUT2D eigenvalue weighted by Gasteiger charge is 2.27. The average Bonchev–Trinajstić information content (AvgIpc) is 3.20. The summed E-state index contributed by atoms with van der Waals surface area (Å²) < 4.78 is 30.3. The first-order valence-corrected chi connectivity index (χ1v) is 11.3. The number of hydrogen-bond acceptors (Lipinski definition) is 7. The van der Waals surface area contributed by atoms with Gasteiger partial charge in [0.25, 0.3) is 0 Å². The number of thiazole rings is 1. The first-order chi connectivity index (χ1) is 13.0. The van der Waals surface area contributed by atoms with Crippen molar-refractivity contribution >= 4 is 32.2 Å². The summed E-state index contributed by atoms with van der Waals surface area (Å²) in [6, 6.07) is 6.51. The smallest absolute Gasteiger partial charge is 0.230 e. The number of benzene rings is 1. The Kier molecular flexibility index (Phi) is 6.46. The lowest BCUT2D eigenvalue weighted by atomic mass is 9.97. The van der Waals surface area contributed by atoms with Crippen molar-refractivity contribution in [3.63, 3.8) is 0 Å². The fourth-order valence-electron chi connectivity index (χ4n) is 3.13. The number of nitrogens with one attached hydrogen (secondary N) is 1. The van der Waals surface area contributed by atoms with Crippen LogP contribution in [-0.4, -0.2) is 56.7 Å². The summed E-state index contributed by atoms with van der Waals surface area (Å²) in [6.07, 6.45) is 3.32. The summed E-state index contributed by atoms with van der Waals surface area (Å²) >= 11 is 1.38. The number of hydrogen-bond donors (Lipinski definition) is 1. The molecule has 27 heavy (non-hydrogen) atoms. The molecule has 0 spiro atoms. The maximum Gasteiger partial charge on any atom is 0.230 e. The SMILES string of the molecule is COc1cccc(S(=O)(=O)CCN2CCCC(C(=O)Nc3nccs3)C2)c1. The molecule has 1 aromatic heterocycles. The molecule has 1 fully saturated rings. The number of anilines is 1. The predicted molar refractivity (Wildman–Crippen MR) is 105 cm³/mol. The number of ether oxygens (including phenoxy) is 1. The largest absolute Gasteiger partial charge is 0.497 e. The second-order valence-corrected chi connectivity index (χ2v) is 9.47. The average molecular weight is 410 g/mol. The van der Waals surface area contributed by atoms with E-state index in [9.17, 15) is 13.2 Å². The minimum Gasteiger partial charge on any atom is -0.497 e. The van der Waals surface area contributed by atoms with Crippen LogP contribution in [0, 0.1) is 5.92 Å². The lowest BCUT2D eigenvalue weighted by Crippen LogP contribution is -2.42. The van der Waals surface area contributed by atoms with Crippen LogP contribution in [0.4, 0.5) is 5.13 Å². The summed E-state index contributed by atoms with van der Waals surface area (Å²) in [5.74, 6) is 0.335. The molecule has 146 valence electrons. The van der Waals surface area contributed by atoms with Crippen molar-refractivity contribution in [2.75, 3.05) is 37.8 Å².